The van der Waals surface area contributed by atoms with E-state index in [-0.39, 0.29) is 24.4 Å². The van der Waals surface area contributed by atoms with Gasteiger partial charge in [-0.3, -0.25) is 9.59 Å². The summed E-state index contributed by atoms with van der Waals surface area (Å²) in [6.45, 7) is 3.80. The van der Waals surface area contributed by atoms with Crippen LogP contribution in [0, 0.1) is 6.92 Å². The van der Waals surface area contributed by atoms with Crippen LogP contribution in [0.1, 0.15) is 29.5 Å². The summed E-state index contributed by atoms with van der Waals surface area (Å²) >= 11 is 0. The quantitative estimate of drug-likeness (QED) is 0.418. The van der Waals surface area contributed by atoms with Gasteiger partial charge in [0.25, 0.3) is 6.01 Å². The van der Waals surface area contributed by atoms with E-state index in [9.17, 15) is 14.4 Å². The largest absolute Gasteiger partial charge is 0.497 e. The summed E-state index contributed by atoms with van der Waals surface area (Å²) in [5.74, 6) is 0.575. The molecule has 0 spiro atoms. The van der Waals surface area contributed by atoms with Crippen LogP contribution < -0.4 is 21.0 Å². The van der Waals surface area contributed by atoms with Crippen molar-refractivity contribution in [3.63, 3.8) is 0 Å². The molecule has 4 rings (SSSR count). The van der Waals surface area contributed by atoms with Gasteiger partial charge in [-0.2, -0.15) is 4.98 Å². The number of hydrogen-bond donors (Lipinski definition) is 2. The van der Waals surface area contributed by atoms with Gasteiger partial charge in [-0.1, -0.05) is 18.2 Å². The van der Waals surface area contributed by atoms with Crippen LogP contribution in [0.25, 0.3) is 10.9 Å². The summed E-state index contributed by atoms with van der Waals surface area (Å²) in [4.78, 5) is 46.6. The van der Waals surface area contributed by atoms with Crippen molar-refractivity contribution in [3.05, 3.63) is 63.5 Å². The second-order valence-electron chi connectivity index (χ2n) is 9.85. The lowest BCUT2D eigenvalue weighted by molar-refractivity contribution is -0.131. The maximum Gasteiger partial charge on any atom is 0.348 e. The van der Waals surface area contributed by atoms with Gasteiger partial charge in [-0.05, 0) is 68.8 Å². The van der Waals surface area contributed by atoms with Gasteiger partial charge in [-0.15, -0.1) is 0 Å². The minimum Gasteiger partial charge on any atom is -0.497 e. The van der Waals surface area contributed by atoms with Crippen LogP contribution in [0.3, 0.4) is 0 Å². The van der Waals surface area contributed by atoms with Crippen LogP contribution >= 0.6 is 0 Å². The van der Waals surface area contributed by atoms with Crippen LogP contribution in [0.5, 0.6) is 5.75 Å². The Morgan fingerprint density at radius 1 is 1.13 bits per heavy atom. The zero-order chi connectivity index (χ0) is 27.2. The number of benzene rings is 2. The zero-order valence-electron chi connectivity index (χ0n) is 22.4. The Bertz CT molecular complexity index is 1350. The molecule has 10 heteroatoms. The first-order chi connectivity index (χ1) is 18.2. The Labute approximate surface area is 222 Å². The number of likely N-dealkylation sites (N-methyl/N-ethyl adjacent to an activating group) is 1. The molecule has 1 atom stereocenters. The average molecular weight is 522 g/mol. The lowest BCUT2D eigenvalue weighted by atomic mass is 10.0. The number of fused-ring (bicyclic) bond motifs is 1. The monoisotopic (exact) mass is 521 g/mol. The van der Waals surface area contributed by atoms with Crippen molar-refractivity contribution in [2.45, 2.75) is 38.8 Å². The highest BCUT2D eigenvalue weighted by Gasteiger charge is 2.28. The molecule has 1 fully saturated rings. The molecule has 38 heavy (non-hydrogen) atoms. The minimum atomic E-state index is -0.651. The predicted octanol–water partition coefficient (Wildman–Crippen LogP) is 2.33. The van der Waals surface area contributed by atoms with Gasteiger partial charge in [0.05, 0.1) is 24.6 Å². The summed E-state index contributed by atoms with van der Waals surface area (Å²) < 4.78 is 10.8. The van der Waals surface area contributed by atoms with E-state index < -0.39 is 11.7 Å². The molecule has 2 amide bonds. The van der Waals surface area contributed by atoms with Crippen molar-refractivity contribution in [1.82, 2.24) is 20.1 Å². The molecule has 2 heterocycles. The Hall–Kier alpha value is -3.92. The number of nitrogens with zero attached hydrogens (tertiary/aromatic N) is 3. The molecular weight excluding hydrogens is 486 g/mol. The number of carbonyl (C=O) groups is 2. The van der Waals surface area contributed by atoms with Crippen molar-refractivity contribution in [1.29, 1.82) is 0 Å². The molecule has 0 radical (unpaired) electrons. The first kappa shape index (κ1) is 27.1. The van der Waals surface area contributed by atoms with Crippen LogP contribution in [0.2, 0.25) is 0 Å². The second-order valence-corrected chi connectivity index (χ2v) is 9.85. The first-order valence-corrected chi connectivity index (χ1v) is 12.8. The zero-order valence-corrected chi connectivity index (χ0v) is 22.4. The molecule has 2 N–H and O–H groups in total. The van der Waals surface area contributed by atoms with Gasteiger partial charge in [-0.25, -0.2) is 4.79 Å². The van der Waals surface area contributed by atoms with E-state index in [1.807, 2.05) is 56.3 Å². The van der Waals surface area contributed by atoms with Gasteiger partial charge in [0.15, 0.2) is 0 Å². The third kappa shape index (κ3) is 6.49. The Morgan fingerprint density at radius 3 is 2.50 bits per heavy atom. The lowest BCUT2D eigenvalue weighted by Crippen LogP contribution is -2.43. The number of ether oxygens (including phenoxy) is 1. The molecule has 2 aromatic carbocycles. The third-order valence-corrected chi connectivity index (χ3v) is 6.72. The Balaban J connectivity index is 1.57. The Morgan fingerprint density at radius 2 is 1.84 bits per heavy atom. The first-order valence-electron chi connectivity index (χ1n) is 12.8. The molecule has 1 aliphatic rings. The summed E-state index contributed by atoms with van der Waals surface area (Å²) in [5.41, 5.74) is 2.36. The number of amides is 2. The van der Waals surface area contributed by atoms with Crippen molar-refractivity contribution in [2.24, 2.45) is 0 Å². The third-order valence-electron chi connectivity index (χ3n) is 6.72. The topological polar surface area (TPSA) is 117 Å². The predicted molar refractivity (Wildman–Crippen MR) is 145 cm³/mol. The van der Waals surface area contributed by atoms with E-state index in [4.69, 9.17) is 9.15 Å². The molecule has 10 nitrogen and oxygen atoms in total. The molecular formula is C28H35N5O5. The van der Waals surface area contributed by atoms with Gasteiger partial charge >= 0.3 is 5.63 Å². The molecule has 0 saturated carbocycles. The number of methoxy groups -OCH3 is 1. The lowest BCUT2D eigenvalue weighted by Gasteiger charge is -2.24. The number of carbonyl (C=O) groups excluding carboxylic acids is 2. The SMILES string of the molecule is COc1ccc(C[C@H](Nc2nc3ccc(CNC(=O)CN(C)C)c(C)c3c(=O)o2)C(=O)N2CCCC2)cc1. The van der Waals surface area contributed by atoms with E-state index in [2.05, 4.69) is 15.6 Å². The van der Waals surface area contributed by atoms with E-state index in [1.165, 1.54) is 0 Å². The maximum atomic E-state index is 13.4. The highest BCUT2D eigenvalue weighted by atomic mass is 16.5. The number of hydrogen-bond acceptors (Lipinski definition) is 8. The molecule has 3 aromatic rings. The van der Waals surface area contributed by atoms with Crippen molar-refractivity contribution in [2.75, 3.05) is 46.2 Å². The number of anilines is 1. The van der Waals surface area contributed by atoms with E-state index in [0.29, 0.717) is 42.5 Å². The van der Waals surface area contributed by atoms with E-state index in [0.717, 1.165) is 29.7 Å². The van der Waals surface area contributed by atoms with Crippen LogP contribution in [-0.4, -0.2) is 73.5 Å². The molecule has 1 aromatic heterocycles. The normalized spacial score (nSPS) is 14.1. The van der Waals surface area contributed by atoms with Crippen molar-refractivity contribution >= 4 is 28.7 Å². The Kier molecular flexibility index (Phi) is 8.62. The highest BCUT2D eigenvalue weighted by Crippen LogP contribution is 2.21. The molecule has 0 aliphatic carbocycles. The average Bonchev–Trinajstić information content (AvgIpc) is 3.42. The van der Waals surface area contributed by atoms with Crippen LogP contribution in [0.15, 0.2) is 45.6 Å². The van der Waals surface area contributed by atoms with Gasteiger partial charge < -0.3 is 29.6 Å². The van der Waals surface area contributed by atoms with E-state index >= 15 is 0 Å². The van der Waals surface area contributed by atoms with Gasteiger partial charge in [0.2, 0.25) is 11.8 Å². The summed E-state index contributed by atoms with van der Waals surface area (Å²) in [6, 6.07) is 10.5. The highest BCUT2D eigenvalue weighted by molar-refractivity contribution is 5.86. The number of likely N-dealkylation sites (tertiary alicyclic amines) is 1. The number of aromatic nitrogens is 1. The standard InChI is InChI=1S/C28H35N5O5/c1-18-20(16-29-24(34)17-32(2)3)9-12-22-25(18)27(36)38-28(30-22)31-23(26(35)33-13-5-6-14-33)15-19-7-10-21(37-4)11-8-19/h7-12,23H,5-6,13-17H2,1-4H3,(H,29,34)(H,30,31)/t23-/m0/s1. The number of nitrogens with one attached hydrogen (secondary N) is 2. The fourth-order valence-corrected chi connectivity index (χ4v) is 4.66. The summed E-state index contributed by atoms with van der Waals surface area (Å²) in [5, 5.41) is 6.32. The van der Waals surface area contributed by atoms with Crippen LogP contribution in [0.4, 0.5) is 6.01 Å². The molecule has 0 unspecified atom stereocenters. The van der Waals surface area contributed by atoms with Gasteiger partial charge in [0, 0.05) is 26.1 Å². The molecule has 1 saturated heterocycles. The van der Waals surface area contributed by atoms with Gasteiger partial charge in [0.1, 0.15) is 11.8 Å². The summed E-state index contributed by atoms with van der Waals surface area (Å²) in [7, 11) is 5.25. The minimum absolute atomic E-state index is 0.00000520. The summed E-state index contributed by atoms with van der Waals surface area (Å²) in [6.07, 6.45) is 2.34. The van der Waals surface area contributed by atoms with E-state index in [1.54, 1.807) is 18.1 Å². The smallest absolute Gasteiger partial charge is 0.348 e. The van der Waals surface area contributed by atoms with Crippen LogP contribution in [-0.2, 0) is 22.6 Å². The number of aryl methyl sites for hydroxylation is 1. The number of rotatable bonds is 10. The second kappa shape index (κ2) is 12.1. The van der Waals surface area contributed by atoms with Crippen molar-refractivity contribution in [3.8, 4) is 5.75 Å². The molecule has 0 bridgehead atoms. The molecule has 202 valence electrons. The fourth-order valence-electron chi connectivity index (χ4n) is 4.66. The fraction of sp³-hybridized carbons (Fsp3) is 0.429. The molecule has 1 aliphatic heterocycles. The van der Waals surface area contributed by atoms with Crippen molar-refractivity contribution < 1.29 is 18.7 Å². The maximum absolute atomic E-state index is 13.4.